The number of nitrogens with zero attached hydrogens (tertiary/aromatic N) is 2. The van der Waals surface area contributed by atoms with Gasteiger partial charge >= 0.3 is 5.97 Å². The normalized spacial score (nSPS) is 13.1. The molecule has 0 saturated carbocycles. The van der Waals surface area contributed by atoms with Crippen LogP contribution < -0.4 is 5.56 Å². The van der Waals surface area contributed by atoms with Crippen LogP contribution in [0.4, 0.5) is 13.2 Å². The number of hydrogen-bond acceptors (Lipinski definition) is 4. The standard InChI is InChI=1S/C16H13F3N2O3S/c17-10-5-4-8(13(18)14(10)19)7-25-16-20-15(24)9-2-1-3-11(9)21(16)6-12(22)23/h4-5H,1-3,6-7H2,(H,22,23). The van der Waals surface area contributed by atoms with Crippen molar-refractivity contribution in [3.63, 3.8) is 0 Å². The van der Waals surface area contributed by atoms with E-state index >= 15 is 0 Å². The first kappa shape index (κ1) is 17.5. The number of benzene rings is 1. The topological polar surface area (TPSA) is 72.2 Å². The van der Waals surface area contributed by atoms with Crippen molar-refractivity contribution >= 4 is 17.7 Å². The summed E-state index contributed by atoms with van der Waals surface area (Å²) in [6, 6.07) is 1.92. The number of halogens is 3. The van der Waals surface area contributed by atoms with Gasteiger partial charge in [0.2, 0.25) is 0 Å². The molecule has 0 fully saturated rings. The monoisotopic (exact) mass is 370 g/mol. The van der Waals surface area contributed by atoms with Crippen molar-refractivity contribution in [3.05, 3.63) is 56.8 Å². The predicted octanol–water partition coefficient (Wildman–Crippen LogP) is 2.53. The highest BCUT2D eigenvalue weighted by Gasteiger charge is 2.23. The van der Waals surface area contributed by atoms with Gasteiger partial charge in [-0.1, -0.05) is 17.8 Å². The Hall–Kier alpha value is -2.29. The van der Waals surface area contributed by atoms with Crippen LogP contribution in [0.25, 0.3) is 0 Å². The highest BCUT2D eigenvalue weighted by Crippen LogP contribution is 2.27. The third kappa shape index (κ3) is 3.41. The van der Waals surface area contributed by atoms with Crippen LogP contribution in [0.5, 0.6) is 0 Å². The van der Waals surface area contributed by atoms with Gasteiger partial charge in [0, 0.05) is 22.6 Å². The quantitative estimate of drug-likeness (QED) is 0.498. The molecule has 2 aromatic rings. The van der Waals surface area contributed by atoms with Gasteiger partial charge in [-0.3, -0.25) is 9.59 Å². The van der Waals surface area contributed by atoms with E-state index in [1.165, 1.54) is 4.57 Å². The summed E-state index contributed by atoms with van der Waals surface area (Å²) in [6.45, 7) is -0.377. The van der Waals surface area contributed by atoms with Crippen molar-refractivity contribution in [1.29, 1.82) is 0 Å². The molecule has 0 radical (unpaired) electrons. The summed E-state index contributed by atoms with van der Waals surface area (Å²) >= 11 is 0.910. The fraction of sp³-hybridized carbons (Fsp3) is 0.312. The molecule has 0 spiro atoms. The van der Waals surface area contributed by atoms with E-state index < -0.39 is 29.0 Å². The van der Waals surface area contributed by atoms with E-state index in [1.807, 2.05) is 0 Å². The van der Waals surface area contributed by atoms with Crippen LogP contribution in [0.1, 0.15) is 23.2 Å². The first-order chi connectivity index (χ1) is 11.9. The molecular formula is C16H13F3N2O3S. The van der Waals surface area contributed by atoms with E-state index in [-0.39, 0.29) is 23.0 Å². The zero-order chi connectivity index (χ0) is 18.1. The van der Waals surface area contributed by atoms with Gasteiger partial charge in [0.15, 0.2) is 22.6 Å². The maximum Gasteiger partial charge on any atom is 0.323 e. The fourth-order valence-corrected chi connectivity index (χ4v) is 3.80. The minimum atomic E-state index is -1.57. The summed E-state index contributed by atoms with van der Waals surface area (Å²) < 4.78 is 41.5. The Balaban J connectivity index is 1.95. The number of hydrogen-bond donors (Lipinski definition) is 1. The average molecular weight is 370 g/mol. The van der Waals surface area contributed by atoms with Crippen LogP contribution in [-0.2, 0) is 29.9 Å². The number of carboxylic acids is 1. The van der Waals surface area contributed by atoms with Gasteiger partial charge in [0.25, 0.3) is 5.56 Å². The molecule has 0 amide bonds. The Morgan fingerprint density at radius 2 is 2.00 bits per heavy atom. The largest absolute Gasteiger partial charge is 0.480 e. The lowest BCUT2D eigenvalue weighted by molar-refractivity contribution is -0.137. The van der Waals surface area contributed by atoms with Crippen LogP contribution in [-0.4, -0.2) is 20.6 Å². The fourth-order valence-electron chi connectivity index (χ4n) is 2.81. The Morgan fingerprint density at radius 1 is 1.24 bits per heavy atom. The molecule has 0 bridgehead atoms. The molecule has 1 aliphatic rings. The van der Waals surface area contributed by atoms with Crippen molar-refractivity contribution in [1.82, 2.24) is 9.55 Å². The summed E-state index contributed by atoms with van der Waals surface area (Å²) in [5.74, 6) is -5.37. The first-order valence-electron chi connectivity index (χ1n) is 7.48. The van der Waals surface area contributed by atoms with Crippen molar-refractivity contribution in [3.8, 4) is 0 Å². The van der Waals surface area contributed by atoms with Crippen LogP contribution >= 0.6 is 11.8 Å². The van der Waals surface area contributed by atoms with Gasteiger partial charge in [0.05, 0.1) is 0 Å². The van der Waals surface area contributed by atoms with E-state index in [0.29, 0.717) is 24.1 Å². The molecule has 0 saturated heterocycles. The molecule has 1 aromatic heterocycles. The average Bonchev–Trinajstić information content (AvgIpc) is 3.05. The van der Waals surface area contributed by atoms with Gasteiger partial charge in [-0.2, -0.15) is 4.98 Å². The van der Waals surface area contributed by atoms with E-state index in [0.717, 1.165) is 30.3 Å². The van der Waals surface area contributed by atoms with Gasteiger partial charge in [0.1, 0.15) is 6.54 Å². The zero-order valence-electron chi connectivity index (χ0n) is 12.9. The number of aliphatic carboxylic acids is 1. The summed E-state index contributed by atoms with van der Waals surface area (Å²) in [4.78, 5) is 27.1. The predicted molar refractivity (Wildman–Crippen MR) is 84.0 cm³/mol. The molecule has 9 heteroatoms. The van der Waals surface area contributed by atoms with Crippen LogP contribution in [0.2, 0.25) is 0 Å². The minimum Gasteiger partial charge on any atom is -0.480 e. The minimum absolute atomic E-state index is 0.0967. The maximum absolute atomic E-state index is 13.8. The molecule has 3 rings (SSSR count). The lowest BCUT2D eigenvalue weighted by Crippen LogP contribution is -2.24. The molecular weight excluding hydrogens is 357 g/mol. The number of thioether (sulfide) groups is 1. The zero-order valence-corrected chi connectivity index (χ0v) is 13.7. The first-order valence-corrected chi connectivity index (χ1v) is 8.46. The lowest BCUT2D eigenvalue weighted by Gasteiger charge is -2.15. The van der Waals surface area contributed by atoms with E-state index in [9.17, 15) is 22.8 Å². The Bertz CT molecular complexity index is 914. The SMILES string of the molecule is O=C(O)Cn1c(SCc2ccc(F)c(F)c2F)nc(=O)c2c1CCC2. The maximum atomic E-state index is 13.8. The summed E-state index contributed by atoms with van der Waals surface area (Å²) in [7, 11) is 0. The second kappa shape index (κ2) is 6.91. The highest BCUT2D eigenvalue weighted by atomic mass is 32.2. The summed E-state index contributed by atoms with van der Waals surface area (Å²) in [6.07, 6.45) is 1.84. The Kier molecular flexibility index (Phi) is 4.85. The molecule has 1 aliphatic carbocycles. The molecule has 0 aliphatic heterocycles. The third-order valence-corrected chi connectivity index (χ3v) is 4.99. The van der Waals surface area contributed by atoms with Gasteiger partial charge in [-0.25, -0.2) is 13.2 Å². The summed E-state index contributed by atoms with van der Waals surface area (Å²) in [5, 5.41) is 9.22. The van der Waals surface area contributed by atoms with Crippen LogP contribution in [0.3, 0.4) is 0 Å². The molecule has 132 valence electrons. The van der Waals surface area contributed by atoms with E-state index in [4.69, 9.17) is 5.11 Å². The number of carboxylic acid groups (broad SMARTS) is 1. The number of aromatic nitrogens is 2. The van der Waals surface area contributed by atoms with Crippen molar-refractivity contribution in [2.24, 2.45) is 0 Å². The molecule has 1 heterocycles. The highest BCUT2D eigenvalue weighted by molar-refractivity contribution is 7.98. The van der Waals surface area contributed by atoms with E-state index in [1.54, 1.807) is 0 Å². The molecule has 1 N–H and O–H groups in total. The Morgan fingerprint density at radius 3 is 2.72 bits per heavy atom. The molecule has 5 nitrogen and oxygen atoms in total. The molecule has 1 aromatic carbocycles. The molecule has 0 atom stereocenters. The number of fused-ring (bicyclic) bond motifs is 1. The second-order valence-electron chi connectivity index (χ2n) is 5.58. The smallest absolute Gasteiger partial charge is 0.323 e. The van der Waals surface area contributed by atoms with Gasteiger partial charge < -0.3 is 9.67 Å². The Labute approximate surface area is 144 Å². The third-order valence-electron chi connectivity index (χ3n) is 3.97. The molecule has 0 unspecified atom stereocenters. The van der Waals surface area contributed by atoms with Gasteiger partial charge in [-0.05, 0) is 25.3 Å². The van der Waals surface area contributed by atoms with Gasteiger partial charge in [-0.15, -0.1) is 0 Å². The van der Waals surface area contributed by atoms with Crippen LogP contribution in [0, 0.1) is 17.5 Å². The van der Waals surface area contributed by atoms with E-state index in [2.05, 4.69) is 4.98 Å². The summed E-state index contributed by atoms with van der Waals surface area (Å²) in [5.41, 5.74) is 0.600. The second-order valence-corrected chi connectivity index (χ2v) is 6.52. The number of carbonyl (C=O) groups is 1. The van der Waals surface area contributed by atoms with Crippen molar-refractivity contribution in [2.75, 3.05) is 0 Å². The van der Waals surface area contributed by atoms with Crippen LogP contribution in [0.15, 0.2) is 22.1 Å². The lowest BCUT2D eigenvalue weighted by atomic mass is 10.2. The number of rotatable bonds is 5. The molecule has 25 heavy (non-hydrogen) atoms. The van der Waals surface area contributed by atoms with Crippen molar-refractivity contribution < 1.29 is 23.1 Å². The van der Waals surface area contributed by atoms with Crippen molar-refractivity contribution in [2.45, 2.75) is 36.7 Å².